The third-order valence-corrected chi connectivity index (χ3v) is 5.00. The molecule has 0 aromatic carbocycles. The summed E-state index contributed by atoms with van der Waals surface area (Å²) in [4.78, 5) is 35.7. The van der Waals surface area contributed by atoms with Crippen LogP contribution in [0.4, 0.5) is 0 Å². The average molecular weight is 400 g/mol. The molecule has 2 rings (SSSR count). The fourth-order valence-electron chi connectivity index (χ4n) is 3.12. The highest BCUT2D eigenvalue weighted by molar-refractivity contribution is 6.34. The van der Waals surface area contributed by atoms with E-state index in [-0.39, 0.29) is 41.2 Å². The number of H-pyrrole nitrogens is 1. The number of hydrogen-bond donors (Lipinski definition) is 4. The molecule has 1 aliphatic carbocycles. The van der Waals surface area contributed by atoms with Crippen molar-refractivity contribution < 1.29 is 19.1 Å². The van der Waals surface area contributed by atoms with Gasteiger partial charge in [0.2, 0.25) is 11.8 Å². The minimum atomic E-state index is -0.600. The van der Waals surface area contributed by atoms with Crippen molar-refractivity contribution in [2.24, 2.45) is 11.7 Å². The van der Waals surface area contributed by atoms with Gasteiger partial charge in [0.05, 0.1) is 29.4 Å². The molecule has 1 heterocycles. The number of rotatable bonds is 8. The van der Waals surface area contributed by atoms with Crippen LogP contribution in [0.3, 0.4) is 0 Å². The second kappa shape index (κ2) is 9.70. The number of nitrogens with one attached hydrogen (secondary N) is 3. The Labute approximate surface area is 162 Å². The topological polar surface area (TPSA) is 139 Å². The second-order valence-corrected chi connectivity index (χ2v) is 7.07. The summed E-state index contributed by atoms with van der Waals surface area (Å²) >= 11 is 6.10. The van der Waals surface area contributed by atoms with Crippen LogP contribution in [0.2, 0.25) is 5.02 Å². The monoisotopic (exact) mass is 399 g/mol. The summed E-state index contributed by atoms with van der Waals surface area (Å²) in [5.41, 5.74) is 5.79. The van der Waals surface area contributed by atoms with E-state index >= 15 is 0 Å². The standard InChI is InChI=1S/C17H26ClN5O4/c1-3-6-27-12-5-4-10(16(25)20-8-13(19)24)7-11(12)21-17(26)15-14(18)9(2)22-23-15/h10-12H,3-8H2,1-2H3,(H2,19,24)(H,20,25)(H,21,26)(H,22,23)/t10-,11+,12+/m0/s1. The van der Waals surface area contributed by atoms with Gasteiger partial charge in [-0.05, 0) is 32.6 Å². The zero-order valence-electron chi connectivity index (χ0n) is 15.5. The lowest BCUT2D eigenvalue weighted by molar-refractivity contribution is -0.129. The fourth-order valence-corrected chi connectivity index (χ4v) is 3.29. The molecular weight excluding hydrogens is 374 g/mol. The summed E-state index contributed by atoms with van der Waals surface area (Å²) in [6, 6.07) is -0.366. The van der Waals surface area contributed by atoms with E-state index in [1.807, 2.05) is 6.92 Å². The Morgan fingerprint density at radius 3 is 2.70 bits per heavy atom. The van der Waals surface area contributed by atoms with Gasteiger partial charge in [0, 0.05) is 12.5 Å². The number of halogens is 1. The minimum absolute atomic E-state index is 0.115. The highest BCUT2D eigenvalue weighted by atomic mass is 35.5. The number of primary amides is 1. The molecule has 1 saturated carbocycles. The van der Waals surface area contributed by atoms with E-state index in [1.165, 1.54) is 0 Å². The highest BCUT2D eigenvalue weighted by Gasteiger charge is 2.36. The smallest absolute Gasteiger partial charge is 0.273 e. The number of amides is 3. The van der Waals surface area contributed by atoms with Crippen LogP contribution in [-0.4, -0.2) is 53.2 Å². The summed E-state index contributed by atoms with van der Waals surface area (Å²) in [5, 5.41) is 12.3. The van der Waals surface area contributed by atoms with Crippen LogP contribution in [-0.2, 0) is 14.3 Å². The fraction of sp³-hybridized carbons (Fsp3) is 0.647. The van der Waals surface area contributed by atoms with Crippen LogP contribution in [0.5, 0.6) is 0 Å². The number of nitrogens with two attached hydrogens (primary N) is 1. The lowest BCUT2D eigenvalue weighted by Crippen LogP contribution is -2.51. The third kappa shape index (κ3) is 5.67. The van der Waals surface area contributed by atoms with Crippen molar-refractivity contribution in [2.45, 2.75) is 51.7 Å². The van der Waals surface area contributed by atoms with E-state index in [4.69, 9.17) is 22.1 Å². The number of carbonyl (C=O) groups is 3. The van der Waals surface area contributed by atoms with Gasteiger partial charge in [-0.1, -0.05) is 18.5 Å². The first kappa shape index (κ1) is 21.2. The van der Waals surface area contributed by atoms with Crippen molar-refractivity contribution in [2.75, 3.05) is 13.2 Å². The zero-order valence-corrected chi connectivity index (χ0v) is 16.3. The van der Waals surface area contributed by atoms with Crippen LogP contribution < -0.4 is 16.4 Å². The maximum Gasteiger partial charge on any atom is 0.273 e. The van der Waals surface area contributed by atoms with Crippen LogP contribution in [0.15, 0.2) is 0 Å². The van der Waals surface area contributed by atoms with E-state index in [2.05, 4.69) is 20.8 Å². The molecule has 0 aliphatic heterocycles. The highest BCUT2D eigenvalue weighted by Crippen LogP contribution is 2.28. The van der Waals surface area contributed by atoms with E-state index < -0.39 is 11.8 Å². The van der Waals surface area contributed by atoms with Gasteiger partial charge in [-0.3, -0.25) is 19.5 Å². The average Bonchev–Trinajstić information content (AvgIpc) is 2.97. The zero-order chi connectivity index (χ0) is 20.0. The third-order valence-electron chi connectivity index (χ3n) is 4.53. The largest absolute Gasteiger partial charge is 0.376 e. The van der Waals surface area contributed by atoms with Crippen LogP contribution in [0.25, 0.3) is 0 Å². The molecule has 27 heavy (non-hydrogen) atoms. The molecule has 0 spiro atoms. The molecule has 5 N–H and O–H groups in total. The molecule has 10 heteroatoms. The number of carbonyl (C=O) groups excluding carboxylic acids is 3. The first-order chi connectivity index (χ1) is 12.8. The number of hydrogen-bond acceptors (Lipinski definition) is 5. The van der Waals surface area contributed by atoms with Crippen LogP contribution >= 0.6 is 11.6 Å². The molecule has 1 aliphatic rings. The Bertz CT molecular complexity index is 693. The van der Waals surface area contributed by atoms with Crippen molar-refractivity contribution in [3.05, 3.63) is 16.4 Å². The predicted molar refractivity (Wildman–Crippen MR) is 99.2 cm³/mol. The van der Waals surface area contributed by atoms with E-state index in [9.17, 15) is 14.4 Å². The summed E-state index contributed by atoms with van der Waals surface area (Å²) in [6.07, 6.45) is 2.27. The minimum Gasteiger partial charge on any atom is -0.376 e. The van der Waals surface area contributed by atoms with Crippen molar-refractivity contribution in [1.82, 2.24) is 20.8 Å². The number of aromatic nitrogens is 2. The molecule has 150 valence electrons. The molecular formula is C17H26ClN5O4. The number of ether oxygens (including phenoxy) is 1. The van der Waals surface area contributed by atoms with Gasteiger partial charge in [0.25, 0.3) is 5.91 Å². The predicted octanol–water partition coefficient (Wildman–Crippen LogP) is 0.667. The van der Waals surface area contributed by atoms with Gasteiger partial charge in [0.15, 0.2) is 5.69 Å². The normalized spacial score (nSPS) is 22.3. The Balaban J connectivity index is 2.06. The Hall–Kier alpha value is -2.13. The first-order valence-corrected chi connectivity index (χ1v) is 9.40. The SMILES string of the molecule is CCCO[C@@H]1CC[C@H](C(=O)NCC(N)=O)C[C@H]1NC(=O)c1n[nH]c(C)c1Cl. The Morgan fingerprint density at radius 2 is 2.11 bits per heavy atom. The number of nitrogens with zero attached hydrogens (tertiary/aromatic N) is 1. The van der Waals surface area contributed by atoms with Crippen molar-refractivity contribution >= 4 is 29.3 Å². The quantitative estimate of drug-likeness (QED) is 0.508. The molecule has 1 aromatic heterocycles. The van der Waals surface area contributed by atoms with Gasteiger partial charge < -0.3 is 21.1 Å². The van der Waals surface area contributed by atoms with Crippen molar-refractivity contribution in [1.29, 1.82) is 0 Å². The molecule has 1 fully saturated rings. The number of aromatic amines is 1. The van der Waals surface area contributed by atoms with Gasteiger partial charge in [0.1, 0.15) is 0 Å². The molecule has 0 radical (unpaired) electrons. The van der Waals surface area contributed by atoms with E-state index in [0.717, 1.165) is 6.42 Å². The van der Waals surface area contributed by atoms with Crippen LogP contribution in [0, 0.1) is 12.8 Å². The maximum atomic E-state index is 12.6. The summed E-state index contributed by atoms with van der Waals surface area (Å²) < 4.78 is 5.86. The molecule has 3 amide bonds. The number of aryl methyl sites for hydroxylation is 1. The van der Waals surface area contributed by atoms with E-state index in [0.29, 0.717) is 31.6 Å². The van der Waals surface area contributed by atoms with Gasteiger partial charge in [-0.2, -0.15) is 5.10 Å². The van der Waals surface area contributed by atoms with Crippen molar-refractivity contribution in [3.63, 3.8) is 0 Å². The van der Waals surface area contributed by atoms with Gasteiger partial charge in [-0.25, -0.2) is 0 Å². The summed E-state index contributed by atoms with van der Waals surface area (Å²) in [6.45, 7) is 4.09. The molecule has 9 nitrogen and oxygen atoms in total. The van der Waals surface area contributed by atoms with Gasteiger partial charge in [-0.15, -0.1) is 0 Å². The van der Waals surface area contributed by atoms with Crippen LogP contribution in [0.1, 0.15) is 48.8 Å². The maximum absolute atomic E-state index is 12.6. The molecule has 1 aromatic rings. The lowest BCUT2D eigenvalue weighted by atomic mass is 9.83. The molecule has 0 bridgehead atoms. The molecule has 0 saturated heterocycles. The summed E-state index contributed by atoms with van der Waals surface area (Å²) in [7, 11) is 0. The second-order valence-electron chi connectivity index (χ2n) is 6.69. The molecule has 3 atom stereocenters. The lowest BCUT2D eigenvalue weighted by Gasteiger charge is -2.35. The van der Waals surface area contributed by atoms with Crippen molar-refractivity contribution in [3.8, 4) is 0 Å². The Morgan fingerprint density at radius 1 is 1.37 bits per heavy atom. The Kier molecular flexibility index (Phi) is 7.61. The molecule has 0 unspecified atom stereocenters. The summed E-state index contributed by atoms with van der Waals surface area (Å²) in [5.74, 6) is -1.61. The van der Waals surface area contributed by atoms with E-state index in [1.54, 1.807) is 6.92 Å². The van der Waals surface area contributed by atoms with Gasteiger partial charge >= 0.3 is 0 Å². The first-order valence-electron chi connectivity index (χ1n) is 9.02.